The van der Waals surface area contributed by atoms with Crippen molar-refractivity contribution in [3.63, 3.8) is 0 Å². The molecule has 1 aliphatic heterocycles. The highest BCUT2D eigenvalue weighted by molar-refractivity contribution is 5.97. The number of nitrogens with zero attached hydrogens (tertiary/aromatic N) is 1. The van der Waals surface area contributed by atoms with Gasteiger partial charge in [-0.05, 0) is 44.0 Å². The number of amidine groups is 1. The molecule has 1 heterocycles. The Morgan fingerprint density at radius 3 is 2.00 bits per heavy atom. The van der Waals surface area contributed by atoms with Gasteiger partial charge in [0.2, 0.25) is 5.92 Å². The molecule has 1 aromatic rings. The fraction of sp³-hybridized carbons (Fsp3) is 0.613. The van der Waals surface area contributed by atoms with Crippen molar-refractivity contribution in [3.8, 4) is 0 Å². The van der Waals surface area contributed by atoms with E-state index in [0.29, 0.717) is 24.5 Å². The van der Waals surface area contributed by atoms with Crippen LogP contribution in [-0.4, -0.2) is 30.1 Å². The highest BCUT2D eigenvalue weighted by atomic mass is 19.3. The third kappa shape index (κ3) is 19.9. The van der Waals surface area contributed by atoms with Gasteiger partial charge in [-0.25, -0.2) is 8.78 Å². The Hall–Kier alpha value is -2.74. The molecule has 0 saturated carbocycles. The van der Waals surface area contributed by atoms with E-state index in [2.05, 4.69) is 22.2 Å². The van der Waals surface area contributed by atoms with Crippen LogP contribution in [0, 0.1) is 6.92 Å². The van der Waals surface area contributed by atoms with Gasteiger partial charge in [0.15, 0.2) is 5.78 Å². The minimum absolute atomic E-state index is 0.0139. The van der Waals surface area contributed by atoms with E-state index in [1.807, 2.05) is 81.4 Å². The van der Waals surface area contributed by atoms with Crippen molar-refractivity contribution in [1.29, 1.82) is 0 Å². The molecule has 39 heavy (non-hydrogen) atoms. The lowest BCUT2D eigenvalue weighted by molar-refractivity contribution is -0.115. The minimum Gasteiger partial charge on any atom is -0.399 e. The van der Waals surface area contributed by atoms with Gasteiger partial charge in [0.1, 0.15) is 0 Å². The van der Waals surface area contributed by atoms with Gasteiger partial charge in [-0.15, -0.1) is 0 Å². The first kappa shape index (κ1) is 43.3. The van der Waals surface area contributed by atoms with Crippen LogP contribution in [0.2, 0.25) is 0 Å². The van der Waals surface area contributed by atoms with Crippen molar-refractivity contribution in [2.24, 2.45) is 16.5 Å². The fourth-order valence-electron chi connectivity index (χ4n) is 3.02. The molecule has 0 fully saturated rings. The van der Waals surface area contributed by atoms with Crippen molar-refractivity contribution in [1.82, 2.24) is 5.32 Å². The maximum atomic E-state index is 13.5. The summed E-state index contributed by atoms with van der Waals surface area (Å²) in [6.45, 7) is 27.4. The zero-order valence-electron chi connectivity index (χ0n) is 26.9. The summed E-state index contributed by atoms with van der Waals surface area (Å²) >= 11 is 0. The molecule has 0 saturated heterocycles. The monoisotopic (exact) mass is 555 g/mol. The summed E-state index contributed by atoms with van der Waals surface area (Å²) in [5.74, 6) is -1.95. The SMILES string of the molecule is C=C(N)c1cc(C)cc(CN)c1NC(C)=NCCC(F)(F)CCC.CC.CC.CC.CC.CC1NC=CC1=O. The summed E-state index contributed by atoms with van der Waals surface area (Å²) < 4.78 is 27.0. The number of carbonyl (C=O) groups excluding carboxylic acids is 1. The van der Waals surface area contributed by atoms with Crippen LogP contribution < -0.4 is 22.1 Å². The Kier molecular flexibility index (Phi) is 29.8. The number of rotatable bonds is 8. The number of aryl methyl sites for hydroxylation is 1. The lowest BCUT2D eigenvalue weighted by atomic mass is 10.0. The van der Waals surface area contributed by atoms with E-state index in [-0.39, 0.29) is 31.2 Å². The number of alkyl halides is 2. The van der Waals surface area contributed by atoms with Gasteiger partial charge < -0.3 is 22.1 Å². The third-order valence-electron chi connectivity index (χ3n) is 4.70. The highest BCUT2D eigenvalue weighted by Gasteiger charge is 2.26. The van der Waals surface area contributed by atoms with E-state index in [0.717, 1.165) is 22.4 Å². The van der Waals surface area contributed by atoms with Gasteiger partial charge in [-0.3, -0.25) is 9.79 Å². The molecule has 6 nitrogen and oxygen atoms in total. The van der Waals surface area contributed by atoms with Crippen molar-refractivity contribution in [2.45, 2.75) is 121 Å². The molecular weight excluding hydrogens is 496 g/mol. The van der Waals surface area contributed by atoms with Crippen LogP contribution in [0.25, 0.3) is 5.70 Å². The summed E-state index contributed by atoms with van der Waals surface area (Å²) in [4.78, 5) is 14.6. The molecule has 0 aliphatic carbocycles. The van der Waals surface area contributed by atoms with E-state index in [4.69, 9.17) is 11.5 Å². The first-order chi connectivity index (χ1) is 18.5. The second-order valence-corrected chi connectivity index (χ2v) is 7.65. The van der Waals surface area contributed by atoms with Gasteiger partial charge in [0.05, 0.1) is 17.6 Å². The molecule has 0 aromatic heterocycles. The van der Waals surface area contributed by atoms with Crippen LogP contribution in [0.3, 0.4) is 0 Å². The molecule has 0 bridgehead atoms. The Morgan fingerprint density at radius 1 is 1.10 bits per heavy atom. The number of nitrogens with two attached hydrogens (primary N) is 2. The lowest BCUT2D eigenvalue weighted by Crippen LogP contribution is -2.21. The molecule has 8 heteroatoms. The van der Waals surface area contributed by atoms with Crippen LogP contribution in [0.15, 0.2) is 36.0 Å². The van der Waals surface area contributed by atoms with E-state index in [1.165, 1.54) is 0 Å². The van der Waals surface area contributed by atoms with Gasteiger partial charge in [0, 0.05) is 43.4 Å². The van der Waals surface area contributed by atoms with Gasteiger partial charge in [-0.1, -0.05) is 81.4 Å². The molecule has 1 aromatic carbocycles. The molecule has 1 aliphatic rings. The van der Waals surface area contributed by atoms with Crippen molar-refractivity contribution in [3.05, 3.63) is 47.7 Å². The molecule has 0 amide bonds. The summed E-state index contributed by atoms with van der Waals surface area (Å²) in [5, 5.41) is 5.98. The van der Waals surface area contributed by atoms with Gasteiger partial charge in [-0.2, -0.15) is 0 Å². The predicted octanol–water partition coefficient (Wildman–Crippen LogP) is 8.20. The number of anilines is 1. The van der Waals surface area contributed by atoms with Crippen molar-refractivity contribution >= 4 is 23.0 Å². The largest absolute Gasteiger partial charge is 0.399 e. The first-order valence-electron chi connectivity index (χ1n) is 14.4. The first-order valence-corrected chi connectivity index (χ1v) is 14.4. The second kappa shape index (κ2) is 26.9. The molecule has 2 rings (SSSR count). The minimum atomic E-state index is -2.67. The normalized spacial score (nSPS) is 13.3. The number of hydrogen-bond donors (Lipinski definition) is 4. The lowest BCUT2D eigenvalue weighted by Gasteiger charge is -2.18. The van der Waals surface area contributed by atoms with Crippen LogP contribution in [-0.2, 0) is 11.3 Å². The predicted molar refractivity (Wildman–Crippen MR) is 170 cm³/mol. The van der Waals surface area contributed by atoms with Crippen LogP contribution in [0.4, 0.5) is 14.5 Å². The maximum absolute atomic E-state index is 13.5. The fourth-order valence-corrected chi connectivity index (χ4v) is 3.02. The standard InChI is InChI=1S/C18H28F2N4.C5H7NO.4C2H6/c1-5-6-18(19,20)7-8-23-14(4)24-17-15(11-21)9-12(2)10-16(17)13(3)22;1-4-5(7)2-3-6-4;4*1-2/h9-10H,3,5-8,11,21-22H2,1-2,4H3,(H,23,24);2-4,6H,1H3;4*1-2H3. The number of aliphatic imine (C=N–C) groups is 1. The maximum Gasteiger partial charge on any atom is 0.249 e. The van der Waals surface area contributed by atoms with Crippen LogP contribution in [0.1, 0.15) is 112 Å². The molecule has 0 spiro atoms. The van der Waals surface area contributed by atoms with E-state index < -0.39 is 5.92 Å². The Morgan fingerprint density at radius 2 is 1.64 bits per heavy atom. The average Bonchev–Trinajstić information content (AvgIpc) is 3.31. The summed E-state index contributed by atoms with van der Waals surface area (Å²) in [5.41, 5.74) is 15.5. The van der Waals surface area contributed by atoms with E-state index in [1.54, 1.807) is 26.1 Å². The van der Waals surface area contributed by atoms with Crippen molar-refractivity contribution < 1.29 is 13.6 Å². The van der Waals surface area contributed by atoms with Crippen LogP contribution in [0.5, 0.6) is 0 Å². The number of ketones is 1. The summed E-state index contributed by atoms with van der Waals surface area (Å²) in [7, 11) is 0. The molecule has 1 atom stereocenters. The molecule has 0 radical (unpaired) electrons. The number of nitrogens with one attached hydrogen (secondary N) is 2. The Balaban J connectivity index is -0.000000337. The van der Waals surface area contributed by atoms with Gasteiger partial charge >= 0.3 is 0 Å². The average molecular weight is 556 g/mol. The Labute approximate surface area is 238 Å². The molecular formula is C31H59F2N5O. The molecule has 6 N–H and O–H groups in total. The van der Waals surface area contributed by atoms with E-state index in [9.17, 15) is 13.6 Å². The topological polar surface area (TPSA) is 106 Å². The van der Waals surface area contributed by atoms with Crippen molar-refractivity contribution in [2.75, 3.05) is 11.9 Å². The number of hydrogen-bond acceptors (Lipinski definition) is 5. The summed E-state index contributed by atoms with van der Waals surface area (Å²) in [6.07, 6.45) is 3.31. The van der Waals surface area contributed by atoms with Crippen LogP contribution >= 0.6 is 0 Å². The molecule has 228 valence electrons. The number of carbonyl (C=O) groups is 1. The second-order valence-electron chi connectivity index (χ2n) is 7.65. The Bertz CT molecular complexity index is 837. The number of benzene rings is 1. The summed E-state index contributed by atoms with van der Waals surface area (Å²) in [6, 6.07) is 3.88. The quantitative estimate of drug-likeness (QED) is 0.191. The zero-order valence-corrected chi connectivity index (χ0v) is 26.9. The smallest absolute Gasteiger partial charge is 0.249 e. The highest BCUT2D eigenvalue weighted by Crippen LogP contribution is 2.27. The van der Waals surface area contributed by atoms with Gasteiger partial charge in [0.25, 0.3) is 0 Å². The van der Waals surface area contributed by atoms with E-state index >= 15 is 0 Å². The third-order valence-corrected chi connectivity index (χ3v) is 4.70. The molecule has 1 unspecified atom stereocenters. The zero-order chi connectivity index (χ0) is 31.6. The number of halogens is 2.